The molecule has 16 nitrogen and oxygen atoms in total. The summed E-state index contributed by atoms with van der Waals surface area (Å²) in [6, 6.07) is 7.34. The highest BCUT2D eigenvalue weighted by molar-refractivity contribution is 6.05. The van der Waals surface area contributed by atoms with Crippen LogP contribution in [0, 0.1) is 0 Å². The Labute approximate surface area is 314 Å². The first-order valence-corrected chi connectivity index (χ1v) is 19.1. The predicted octanol–water partition coefficient (Wildman–Crippen LogP) is 5.75. The highest BCUT2D eigenvalue weighted by Crippen LogP contribution is 2.36. The van der Waals surface area contributed by atoms with Crippen molar-refractivity contribution in [3.05, 3.63) is 59.3 Å². The van der Waals surface area contributed by atoms with Crippen LogP contribution in [-0.2, 0) is 34.3 Å². The fourth-order valence-corrected chi connectivity index (χ4v) is 7.09. The van der Waals surface area contributed by atoms with E-state index in [0.29, 0.717) is 49.2 Å². The molecular formula is C38H52N10O6. The number of rotatable bonds is 18. The summed E-state index contributed by atoms with van der Waals surface area (Å²) in [6.07, 6.45) is 14.6. The summed E-state index contributed by atoms with van der Waals surface area (Å²) in [4.78, 5) is 54.7. The third-order valence-electron chi connectivity index (χ3n) is 9.90. The van der Waals surface area contributed by atoms with E-state index in [1.165, 1.54) is 18.4 Å². The molecule has 5 heterocycles. The summed E-state index contributed by atoms with van der Waals surface area (Å²) >= 11 is 0. The number of carbonyl (C=O) groups is 4. The summed E-state index contributed by atoms with van der Waals surface area (Å²) in [5.41, 5.74) is 4.04. The Balaban J connectivity index is 0.814. The fourth-order valence-electron chi connectivity index (χ4n) is 7.09. The van der Waals surface area contributed by atoms with Gasteiger partial charge in [-0.25, -0.2) is 14.6 Å². The van der Waals surface area contributed by atoms with E-state index in [-0.39, 0.29) is 36.3 Å². The summed E-state index contributed by atoms with van der Waals surface area (Å²) < 4.78 is 14.8. The molecule has 54 heavy (non-hydrogen) atoms. The fraction of sp³-hybridized carbons (Fsp3) is 0.553. The van der Waals surface area contributed by atoms with E-state index >= 15 is 0 Å². The Morgan fingerprint density at radius 3 is 2.63 bits per heavy atom. The average Bonchev–Trinajstić information content (AvgIpc) is 3.94. The van der Waals surface area contributed by atoms with Gasteiger partial charge in [0.25, 0.3) is 5.91 Å². The van der Waals surface area contributed by atoms with Gasteiger partial charge in [-0.3, -0.25) is 34.0 Å². The molecule has 1 aliphatic carbocycles. The number of imide groups is 1. The van der Waals surface area contributed by atoms with Crippen molar-refractivity contribution in [2.75, 3.05) is 23.4 Å². The monoisotopic (exact) mass is 744 g/mol. The van der Waals surface area contributed by atoms with E-state index in [1.807, 2.05) is 30.5 Å². The van der Waals surface area contributed by atoms with E-state index in [9.17, 15) is 19.2 Å². The van der Waals surface area contributed by atoms with Gasteiger partial charge in [0.2, 0.25) is 5.91 Å². The van der Waals surface area contributed by atoms with Crippen LogP contribution < -0.4 is 20.9 Å². The van der Waals surface area contributed by atoms with Crippen molar-refractivity contribution in [3.63, 3.8) is 0 Å². The molecule has 2 aliphatic rings. The number of imidazole rings is 1. The molecule has 1 aliphatic heterocycles. The number of hydrogen-bond donors (Lipinski definition) is 4. The number of anilines is 2. The van der Waals surface area contributed by atoms with Crippen molar-refractivity contribution < 1.29 is 28.7 Å². The normalized spacial score (nSPS) is 17.4. The number of pyridine rings is 1. The number of aromatic nitrogens is 6. The minimum atomic E-state index is -0.411. The molecule has 5 amide bonds. The topological polar surface area (TPSA) is 190 Å². The van der Waals surface area contributed by atoms with Gasteiger partial charge >= 0.3 is 12.1 Å². The lowest BCUT2D eigenvalue weighted by atomic mass is 10.0. The molecule has 4 aromatic rings. The Kier molecular flexibility index (Phi) is 13.0. The molecule has 16 heteroatoms. The molecule has 2 atom stereocenters. The standard InChI is InChI=1S/C38H52N10O6/c1-25(2)40-38(52)54-29-13-12-27(20-29)30-22-32(44-43-30)41-36(50)31-21-28(45-46(31)3)24-53-18-10-8-6-4-5-7-9-11-26-14-16-47-33(19-26)39-23-35(47)48-17-15-34(49)42-37(48)51/h14,16,19,21-23,25,27,29H,4-13,15,17-18,20,24H2,1-3H3,(H,40,52)(H,42,49,51)(H2,41,43,44,50)/t27-,29+/m0/s1. The van der Waals surface area contributed by atoms with Crippen LogP contribution in [0.5, 0.6) is 0 Å². The Bertz CT molecular complexity index is 1910. The third kappa shape index (κ3) is 10.2. The maximum Gasteiger partial charge on any atom is 0.407 e. The number of amides is 5. The van der Waals surface area contributed by atoms with Crippen molar-refractivity contribution in [2.24, 2.45) is 7.05 Å². The molecule has 4 aromatic heterocycles. The zero-order chi connectivity index (χ0) is 38.0. The Morgan fingerprint density at radius 1 is 1.04 bits per heavy atom. The smallest absolute Gasteiger partial charge is 0.407 e. The first kappa shape index (κ1) is 38.5. The van der Waals surface area contributed by atoms with Gasteiger partial charge in [0.05, 0.1) is 18.5 Å². The van der Waals surface area contributed by atoms with Crippen LogP contribution in [0.3, 0.4) is 0 Å². The molecule has 1 saturated carbocycles. The molecule has 0 spiro atoms. The molecule has 2 fully saturated rings. The number of nitrogens with one attached hydrogen (secondary N) is 4. The van der Waals surface area contributed by atoms with Crippen molar-refractivity contribution in [3.8, 4) is 0 Å². The predicted molar refractivity (Wildman–Crippen MR) is 201 cm³/mol. The summed E-state index contributed by atoms with van der Waals surface area (Å²) in [5.74, 6) is 0.720. The van der Waals surface area contributed by atoms with Gasteiger partial charge in [-0.2, -0.15) is 10.2 Å². The number of H-pyrrole nitrogens is 1. The molecule has 0 aromatic carbocycles. The molecule has 1 saturated heterocycles. The molecule has 6 rings (SSSR count). The number of alkyl carbamates (subject to hydrolysis) is 1. The van der Waals surface area contributed by atoms with Gasteiger partial charge in [0.15, 0.2) is 5.82 Å². The zero-order valence-corrected chi connectivity index (χ0v) is 31.4. The highest BCUT2D eigenvalue weighted by atomic mass is 16.6. The lowest BCUT2D eigenvalue weighted by Crippen LogP contribution is -2.50. The van der Waals surface area contributed by atoms with Crippen molar-refractivity contribution in [1.29, 1.82) is 0 Å². The lowest BCUT2D eigenvalue weighted by Gasteiger charge is -2.25. The second kappa shape index (κ2) is 18.2. The third-order valence-corrected chi connectivity index (χ3v) is 9.90. The maximum atomic E-state index is 13.0. The number of aryl methyl sites for hydroxylation is 2. The minimum Gasteiger partial charge on any atom is -0.446 e. The molecule has 0 unspecified atom stereocenters. The SMILES string of the molecule is CC(C)NC(=O)O[C@@H]1CC[C@H](c2cc(NC(=O)c3cc(COCCCCCCCCCc4ccn5c(N6CCC(=O)NC6=O)cnc5c4)nn3C)n[nH]2)C1. The van der Waals surface area contributed by atoms with Gasteiger partial charge in [-0.05, 0) is 76.1 Å². The molecule has 0 radical (unpaired) electrons. The van der Waals surface area contributed by atoms with Crippen molar-refractivity contribution >= 4 is 41.2 Å². The van der Waals surface area contributed by atoms with Gasteiger partial charge in [-0.1, -0.05) is 32.1 Å². The number of aromatic amines is 1. The van der Waals surface area contributed by atoms with Crippen LogP contribution in [0.25, 0.3) is 5.65 Å². The van der Waals surface area contributed by atoms with Crippen LogP contribution >= 0.6 is 0 Å². The van der Waals surface area contributed by atoms with E-state index in [4.69, 9.17) is 9.47 Å². The van der Waals surface area contributed by atoms with Crippen LogP contribution in [-0.4, -0.2) is 78.6 Å². The quantitative estimate of drug-likeness (QED) is 0.0920. The second-order valence-corrected chi connectivity index (χ2v) is 14.6. The number of hydrogen-bond acceptors (Lipinski definition) is 9. The summed E-state index contributed by atoms with van der Waals surface area (Å²) in [7, 11) is 1.74. The first-order valence-electron chi connectivity index (χ1n) is 19.1. The first-order chi connectivity index (χ1) is 26.1. The largest absolute Gasteiger partial charge is 0.446 e. The zero-order valence-electron chi connectivity index (χ0n) is 31.4. The minimum absolute atomic E-state index is 0.0249. The van der Waals surface area contributed by atoms with Crippen LogP contribution in [0.15, 0.2) is 36.7 Å². The average molecular weight is 745 g/mol. The van der Waals surface area contributed by atoms with Crippen molar-refractivity contribution in [2.45, 2.75) is 116 Å². The summed E-state index contributed by atoms with van der Waals surface area (Å²) in [5, 5.41) is 19.7. The van der Waals surface area contributed by atoms with Crippen LogP contribution in [0.1, 0.15) is 118 Å². The van der Waals surface area contributed by atoms with Gasteiger partial charge < -0.3 is 20.1 Å². The van der Waals surface area contributed by atoms with E-state index in [0.717, 1.165) is 62.7 Å². The van der Waals surface area contributed by atoms with Crippen molar-refractivity contribution in [1.82, 2.24) is 40.0 Å². The molecule has 0 bridgehead atoms. The molecular weight excluding hydrogens is 692 g/mol. The van der Waals surface area contributed by atoms with Crippen LogP contribution in [0.4, 0.5) is 21.2 Å². The maximum absolute atomic E-state index is 13.0. The van der Waals surface area contributed by atoms with E-state index in [1.54, 1.807) is 28.9 Å². The number of carbonyl (C=O) groups excluding carboxylic acids is 4. The van der Waals surface area contributed by atoms with Gasteiger partial charge in [0, 0.05) is 56.5 Å². The van der Waals surface area contributed by atoms with E-state index < -0.39 is 12.1 Å². The molecule has 4 N–H and O–H groups in total. The number of fused-ring (bicyclic) bond motifs is 1. The lowest BCUT2D eigenvalue weighted by molar-refractivity contribution is -0.120. The van der Waals surface area contributed by atoms with Gasteiger partial charge in [-0.15, -0.1) is 0 Å². The Hall–Kier alpha value is -5.25. The van der Waals surface area contributed by atoms with Crippen LogP contribution in [0.2, 0.25) is 0 Å². The number of unbranched alkanes of at least 4 members (excludes halogenated alkanes) is 6. The second-order valence-electron chi connectivity index (χ2n) is 14.6. The van der Waals surface area contributed by atoms with E-state index in [2.05, 4.69) is 48.4 Å². The summed E-state index contributed by atoms with van der Waals surface area (Å²) in [6.45, 7) is 5.12. The number of ether oxygens (including phenoxy) is 2. The van der Waals surface area contributed by atoms with Gasteiger partial charge in [0.1, 0.15) is 23.3 Å². The number of urea groups is 1. The highest BCUT2D eigenvalue weighted by Gasteiger charge is 2.30. The number of nitrogens with zero attached hydrogens (tertiary/aromatic N) is 6. The molecule has 290 valence electrons. The Morgan fingerprint density at radius 2 is 1.83 bits per heavy atom.